The monoisotopic (exact) mass is 350 g/mol. The normalized spacial score (nSPS) is 11.8. The number of nitrogens with one attached hydrogen (secondary N) is 1. The van der Waals surface area contributed by atoms with Gasteiger partial charge in [-0.05, 0) is 46.6 Å². The molecule has 2 aromatic rings. The number of ether oxygens (including phenoxy) is 1. The lowest BCUT2D eigenvalue weighted by molar-refractivity contribution is -0.607. The van der Waals surface area contributed by atoms with Gasteiger partial charge in [-0.3, -0.25) is 4.79 Å². The number of hydrogen-bond donors (Lipinski definition) is 1. The highest BCUT2D eigenvalue weighted by atomic mass is 79.9. The Balaban J connectivity index is 2.14. The van der Waals surface area contributed by atoms with Crippen LogP contribution in [0.25, 0.3) is 0 Å². The van der Waals surface area contributed by atoms with E-state index >= 15 is 0 Å². The second-order valence-corrected chi connectivity index (χ2v) is 5.36. The van der Waals surface area contributed by atoms with Crippen LogP contribution in [0.2, 0.25) is 0 Å². The second kappa shape index (κ2) is 6.58. The predicted molar refractivity (Wildman–Crippen MR) is 82.0 cm³/mol. The first-order valence-electron chi connectivity index (χ1n) is 6.35. The third-order valence-corrected chi connectivity index (χ3v) is 3.70. The Hall–Kier alpha value is -2.08. The summed E-state index contributed by atoms with van der Waals surface area (Å²) < 4.78 is 6.52. The molecule has 0 bridgehead atoms. The van der Waals surface area contributed by atoms with E-state index in [1.165, 1.54) is 12.3 Å². The second-order valence-electron chi connectivity index (χ2n) is 4.50. The first kappa shape index (κ1) is 15.3. The van der Waals surface area contributed by atoms with Gasteiger partial charge < -0.3 is 15.3 Å². The van der Waals surface area contributed by atoms with Crippen molar-refractivity contribution < 1.29 is 14.3 Å². The van der Waals surface area contributed by atoms with E-state index < -0.39 is 5.91 Å². The molecule has 0 aliphatic carbocycles. The van der Waals surface area contributed by atoms with E-state index in [0.29, 0.717) is 4.73 Å². The van der Waals surface area contributed by atoms with Gasteiger partial charge in [-0.25, -0.2) is 0 Å². The summed E-state index contributed by atoms with van der Waals surface area (Å²) in [6, 6.07) is 10.0. The number of halogens is 1. The van der Waals surface area contributed by atoms with Crippen LogP contribution in [0.5, 0.6) is 5.75 Å². The number of hydrogen-bond acceptors (Lipinski definition) is 3. The summed E-state index contributed by atoms with van der Waals surface area (Å²) in [6.07, 6.45) is 1.30. The molecule has 1 N–H and O–H groups in total. The number of benzene rings is 1. The number of nitrogens with zero attached hydrogens (tertiary/aromatic N) is 1. The van der Waals surface area contributed by atoms with Crippen LogP contribution < -0.4 is 14.8 Å². The Morgan fingerprint density at radius 2 is 2.14 bits per heavy atom. The molecular formula is C15H15BrN2O3. The van der Waals surface area contributed by atoms with Gasteiger partial charge in [0, 0.05) is 12.1 Å². The number of carbonyl (C=O) groups excluding carboxylic acids is 1. The van der Waals surface area contributed by atoms with Crippen molar-refractivity contribution in [3.63, 3.8) is 0 Å². The first-order valence-corrected chi connectivity index (χ1v) is 7.14. The molecule has 110 valence electrons. The van der Waals surface area contributed by atoms with Crippen LogP contribution in [-0.2, 0) is 0 Å². The van der Waals surface area contributed by atoms with E-state index in [4.69, 9.17) is 4.74 Å². The minimum atomic E-state index is -0.412. The molecule has 0 radical (unpaired) electrons. The number of carbonyl (C=O) groups is 1. The van der Waals surface area contributed by atoms with Gasteiger partial charge in [-0.1, -0.05) is 6.07 Å². The lowest BCUT2D eigenvalue weighted by Gasteiger charge is -2.15. The third kappa shape index (κ3) is 3.52. The SMILES string of the molecule is COc1ccc(C(C)NC(=O)c2cccc[n+]2[O-])cc1Br. The minimum absolute atomic E-state index is 0.0666. The molecule has 0 fully saturated rings. The maximum absolute atomic E-state index is 12.1. The number of rotatable bonds is 4. The lowest BCUT2D eigenvalue weighted by Crippen LogP contribution is -2.39. The summed E-state index contributed by atoms with van der Waals surface area (Å²) in [5.74, 6) is 0.308. The smallest absolute Gasteiger partial charge is 0.317 e. The molecule has 2 rings (SSSR count). The van der Waals surface area contributed by atoms with Crippen molar-refractivity contribution in [2.45, 2.75) is 13.0 Å². The average molecular weight is 351 g/mol. The Morgan fingerprint density at radius 3 is 2.76 bits per heavy atom. The van der Waals surface area contributed by atoms with Crippen molar-refractivity contribution >= 4 is 21.8 Å². The summed E-state index contributed by atoms with van der Waals surface area (Å²) in [5, 5.41) is 14.3. The molecule has 0 saturated heterocycles. The Morgan fingerprint density at radius 1 is 1.38 bits per heavy atom. The van der Waals surface area contributed by atoms with Gasteiger partial charge in [-0.15, -0.1) is 0 Å². The van der Waals surface area contributed by atoms with Gasteiger partial charge in [-0.2, -0.15) is 4.73 Å². The van der Waals surface area contributed by atoms with Crippen molar-refractivity contribution in [1.29, 1.82) is 0 Å². The predicted octanol–water partition coefficient (Wildman–Crippen LogP) is 2.58. The van der Waals surface area contributed by atoms with Gasteiger partial charge in [0.2, 0.25) is 0 Å². The van der Waals surface area contributed by atoms with Crippen LogP contribution in [0.3, 0.4) is 0 Å². The van der Waals surface area contributed by atoms with Gasteiger partial charge in [0.1, 0.15) is 5.75 Å². The van der Waals surface area contributed by atoms with E-state index in [2.05, 4.69) is 21.2 Å². The topological polar surface area (TPSA) is 65.3 Å². The summed E-state index contributed by atoms with van der Waals surface area (Å²) >= 11 is 3.41. The van der Waals surface area contributed by atoms with Crippen LogP contribution in [0.1, 0.15) is 29.0 Å². The molecule has 1 heterocycles. The fourth-order valence-corrected chi connectivity index (χ4v) is 2.47. The molecule has 1 aromatic carbocycles. The van der Waals surface area contributed by atoms with Crippen molar-refractivity contribution in [3.05, 3.63) is 63.5 Å². The third-order valence-electron chi connectivity index (χ3n) is 3.08. The number of methoxy groups -OCH3 is 1. The number of amides is 1. The van der Waals surface area contributed by atoms with Gasteiger partial charge in [0.25, 0.3) is 5.69 Å². The Labute approximate surface area is 131 Å². The van der Waals surface area contributed by atoms with Crippen molar-refractivity contribution in [2.24, 2.45) is 0 Å². The highest BCUT2D eigenvalue weighted by Crippen LogP contribution is 2.27. The molecular weight excluding hydrogens is 336 g/mol. The molecule has 1 unspecified atom stereocenters. The standard InChI is InChI=1S/C15H15BrN2O3/c1-10(11-6-7-14(21-2)12(16)9-11)17-15(19)13-5-3-4-8-18(13)20/h3-10H,1-2H3,(H,17,19). The maximum atomic E-state index is 12.1. The van der Waals surface area contributed by atoms with Crippen molar-refractivity contribution in [3.8, 4) is 5.75 Å². The summed E-state index contributed by atoms with van der Waals surface area (Å²) in [4.78, 5) is 12.1. The van der Waals surface area contributed by atoms with Gasteiger partial charge >= 0.3 is 5.91 Å². The molecule has 1 aromatic heterocycles. The minimum Gasteiger partial charge on any atom is -0.618 e. The lowest BCUT2D eigenvalue weighted by atomic mass is 10.1. The molecule has 1 atom stereocenters. The van der Waals surface area contributed by atoms with E-state index in [9.17, 15) is 10.0 Å². The van der Waals surface area contributed by atoms with Crippen LogP contribution in [0, 0.1) is 5.21 Å². The summed E-state index contributed by atoms with van der Waals surface area (Å²) in [7, 11) is 1.59. The zero-order valence-corrected chi connectivity index (χ0v) is 13.3. The molecule has 0 aliphatic rings. The van der Waals surface area contributed by atoms with E-state index in [1.807, 2.05) is 25.1 Å². The zero-order chi connectivity index (χ0) is 15.4. The number of pyridine rings is 1. The fourth-order valence-electron chi connectivity index (χ4n) is 1.91. The molecule has 5 nitrogen and oxygen atoms in total. The van der Waals surface area contributed by atoms with Crippen LogP contribution in [-0.4, -0.2) is 13.0 Å². The quantitative estimate of drug-likeness (QED) is 0.680. The van der Waals surface area contributed by atoms with E-state index in [-0.39, 0.29) is 11.7 Å². The molecule has 6 heteroatoms. The molecule has 0 spiro atoms. The van der Waals surface area contributed by atoms with Crippen molar-refractivity contribution in [2.75, 3.05) is 7.11 Å². The Kier molecular flexibility index (Phi) is 4.80. The largest absolute Gasteiger partial charge is 0.618 e. The highest BCUT2D eigenvalue weighted by Gasteiger charge is 2.18. The van der Waals surface area contributed by atoms with Gasteiger partial charge in [0.05, 0.1) is 17.6 Å². The molecule has 0 aliphatic heterocycles. The average Bonchev–Trinajstić information content (AvgIpc) is 2.47. The van der Waals surface area contributed by atoms with Gasteiger partial charge in [0.15, 0.2) is 6.20 Å². The zero-order valence-electron chi connectivity index (χ0n) is 11.7. The van der Waals surface area contributed by atoms with Crippen molar-refractivity contribution in [1.82, 2.24) is 5.32 Å². The fraction of sp³-hybridized carbons (Fsp3) is 0.200. The molecule has 0 saturated carbocycles. The molecule has 21 heavy (non-hydrogen) atoms. The molecule has 1 amide bonds. The van der Waals surface area contributed by atoms with E-state index in [1.54, 1.807) is 19.2 Å². The Bertz CT molecular complexity index is 661. The summed E-state index contributed by atoms with van der Waals surface area (Å²) in [6.45, 7) is 1.85. The van der Waals surface area contributed by atoms with Crippen LogP contribution in [0.15, 0.2) is 47.1 Å². The highest BCUT2D eigenvalue weighted by molar-refractivity contribution is 9.10. The maximum Gasteiger partial charge on any atom is 0.317 e. The number of aromatic nitrogens is 1. The van der Waals surface area contributed by atoms with Crippen LogP contribution in [0.4, 0.5) is 0 Å². The van der Waals surface area contributed by atoms with Crippen LogP contribution >= 0.6 is 15.9 Å². The first-order chi connectivity index (χ1) is 10.0. The van der Waals surface area contributed by atoms with E-state index in [0.717, 1.165) is 15.8 Å². The summed E-state index contributed by atoms with van der Waals surface area (Å²) in [5.41, 5.74) is 0.973.